The van der Waals surface area contributed by atoms with Gasteiger partial charge in [-0.05, 0) is 18.6 Å². The standard InChI is InChI=1S/C11H11ClN2O2S2/c1-8-13-7-11(17-8)18(15,16)14-10-5-3-2-4-9(10)6-12/h2-5,7,14H,6H2,1H3. The van der Waals surface area contributed by atoms with Crippen molar-refractivity contribution in [2.75, 3.05) is 4.72 Å². The molecule has 0 spiro atoms. The molecule has 1 heterocycles. The Labute approximate surface area is 115 Å². The van der Waals surface area contributed by atoms with Gasteiger partial charge in [0.2, 0.25) is 0 Å². The number of thiazole rings is 1. The van der Waals surface area contributed by atoms with Gasteiger partial charge in [-0.25, -0.2) is 13.4 Å². The molecule has 4 nitrogen and oxygen atoms in total. The van der Waals surface area contributed by atoms with Gasteiger partial charge in [0.05, 0.1) is 16.9 Å². The first kappa shape index (κ1) is 13.3. The molecular weight excluding hydrogens is 292 g/mol. The fraction of sp³-hybridized carbons (Fsp3) is 0.182. The van der Waals surface area contributed by atoms with Crippen LogP contribution in [0, 0.1) is 6.92 Å². The van der Waals surface area contributed by atoms with Crippen LogP contribution in [0.4, 0.5) is 5.69 Å². The van der Waals surface area contributed by atoms with Crippen LogP contribution < -0.4 is 4.72 Å². The summed E-state index contributed by atoms with van der Waals surface area (Å²) in [5.74, 6) is 0.250. The van der Waals surface area contributed by atoms with Crippen molar-refractivity contribution in [3.63, 3.8) is 0 Å². The molecular formula is C11H11ClN2O2S2. The molecule has 96 valence electrons. The van der Waals surface area contributed by atoms with E-state index in [2.05, 4.69) is 9.71 Å². The van der Waals surface area contributed by atoms with Crippen LogP contribution in [0.25, 0.3) is 0 Å². The van der Waals surface area contributed by atoms with Crippen molar-refractivity contribution < 1.29 is 8.42 Å². The molecule has 2 rings (SSSR count). The lowest BCUT2D eigenvalue weighted by molar-refractivity contribution is 0.603. The molecule has 0 amide bonds. The number of alkyl halides is 1. The van der Waals surface area contributed by atoms with E-state index in [1.54, 1.807) is 25.1 Å². The summed E-state index contributed by atoms with van der Waals surface area (Å²) in [6.45, 7) is 1.76. The first-order chi connectivity index (χ1) is 8.53. The Kier molecular flexibility index (Phi) is 3.89. The van der Waals surface area contributed by atoms with Crippen LogP contribution in [0.1, 0.15) is 10.6 Å². The van der Waals surface area contributed by atoms with Crippen LogP contribution >= 0.6 is 22.9 Å². The molecule has 7 heteroatoms. The predicted molar refractivity (Wildman–Crippen MR) is 73.7 cm³/mol. The van der Waals surface area contributed by atoms with E-state index >= 15 is 0 Å². The first-order valence-electron chi connectivity index (χ1n) is 5.12. The smallest absolute Gasteiger partial charge is 0.273 e. The normalized spacial score (nSPS) is 11.4. The van der Waals surface area contributed by atoms with E-state index in [4.69, 9.17) is 11.6 Å². The van der Waals surface area contributed by atoms with E-state index < -0.39 is 10.0 Å². The maximum Gasteiger partial charge on any atom is 0.273 e. The molecule has 2 aromatic rings. The maximum atomic E-state index is 12.1. The second-order valence-electron chi connectivity index (χ2n) is 3.59. The number of aromatic nitrogens is 1. The topological polar surface area (TPSA) is 59.1 Å². The third-order valence-corrected chi connectivity index (χ3v) is 5.30. The van der Waals surface area contributed by atoms with Gasteiger partial charge in [0, 0.05) is 5.88 Å². The Bertz CT molecular complexity index is 653. The maximum absolute atomic E-state index is 12.1. The second-order valence-corrected chi connectivity index (χ2v) is 7.01. The molecule has 0 aliphatic carbocycles. The second kappa shape index (κ2) is 5.26. The van der Waals surface area contributed by atoms with Crippen molar-refractivity contribution >= 4 is 38.6 Å². The molecule has 1 N–H and O–H groups in total. The summed E-state index contributed by atoms with van der Waals surface area (Å²) in [5.41, 5.74) is 1.24. The molecule has 0 radical (unpaired) electrons. The van der Waals surface area contributed by atoms with Crippen molar-refractivity contribution in [3.8, 4) is 0 Å². The first-order valence-corrected chi connectivity index (χ1v) is 7.95. The van der Waals surface area contributed by atoms with Gasteiger partial charge in [-0.3, -0.25) is 4.72 Å². The average molecular weight is 303 g/mol. The number of para-hydroxylation sites is 1. The number of nitrogens with zero attached hydrogens (tertiary/aromatic N) is 1. The fourth-order valence-electron chi connectivity index (χ4n) is 1.40. The number of nitrogens with one attached hydrogen (secondary N) is 1. The minimum atomic E-state index is -3.58. The lowest BCUT2D eigenvalue weighted by atomic mass is 10.2. The highest BCUT2D eigenvalue weighted by Crippen LogP contribution is 2.24. The molecule has 0 aliphatic heterocycles. The Morgan fingerprint density at radius 2 is 2.11 bits per heavy atom. The van der Waals surface area contributed by atoms with E-state index in [0.29, 0.717) is 10.7 Å². The Morgan fingerprint density at radius 1 is 1.39 bits per heavy atom. The lowest BCUT2D eigenvalue weighted by Crippen LogP contribution is -2.12. The molecule has 0 fully saturated rings. The summed E-state index contributed by atoms with van der Waals surface area (Å²) >= 11 is 6.90. The van der Waals surface area contributed by atoms with Gasteiger partial charge < -0.3 is 0 Å². The van der Waals surface area contributed by atoms with Gasteiger partial charge in [0.1, 0.15) is 0 Å². The summed E-state index contributed by atoms with van der Waals surface area (Å²) in [5, 5.41) is 0.709. The molecule has 0 aliphatic rings. The molecule has 18 heavy (non-hydrogen) atoms. The van der Waals surface area contributed by atoms with Crippen molar-refractivity contribution in [2.45, 2.75) is 17.0 Å². The minimum absolute atomic E-state index is 0.198. The van der Waals surface area contributed by atoms with Crippen molar-refractivity contribution in [1.82, 2.24) is 4.98 Å². The molecule has 0 atom stereocenters. The molecule has 0 saturated carbocycles. The van der Waals surface area contributed by atoms with Crippen molar-refractivity contribution in [1.29, 1.82) is 0 Å². The molecule has 1 aromatic carbocycles. The largest absolute Gasteiger partial charge is 0.279 e. The average Bonchev–Trinajstić information content (AvgIpc) is 2.77. The molecule has 0 unspecified atom stereocenters. The van der Waals surface area contributed by atoms with Gasteiger partial charge in [-0.15, -0.1) is 22.9 Å². The number of halogens is 1. The van der Waals surface area contributed by atoms with Gasteiger partial charge in [-0.1, -0.05) is 18.2 Å². The molecule has 0 bridgehead atoms. The number of hydrogen-bond acceptors (Lipinski definition) is 4. The highest BCUT2D eigenvalue weighted by molar-refractivity contribution is 7.94. The Hall–Kier alpha value is -1.11. The number of rotatable bonds is 4. The van der Waals surface area contributed by atoms with Gasteiger partial charge >= 0.3 is 0 Å². The zero-order chi connectivity index (χ0) is 13.2. The zero-order valence-corrected chi connectivity index (χ0v) is 11.9. The fourth-order valence-corrected chi connectivity index (χ4v) is 3.84. The van der Waals surface area contributed by atoms with Gasteiger partial charge in [0.25, 0.3) is 10.0 Å². The third kappa shape index (κ3) is 2.82. The minimum Gasteiger partial charge on any atom is -0.279 e. The summed E-state index contributed by atoms with van der Waals surface area (Å²) in [7, 11) is -3.58. The lowest BCUT2D eigenvalue weighted by Gasteiger charge is -2.09. The van der Waals surface area contributed by atoms with Crippen LogP contribution in [0.5, 0.6) is 0 Å². The Balaban J connectivity index is 2.33. The zero-order valence-electron chi connectivity index (χ0n) is 9.55. The summed E-state index contributed by atoms with van der Waals surface area (Å²) in [6, 6.07) is 7.03. The van der Waals surface area contributed by atoms with E-state index in [9.17, 15) is 8.42 Å². The van der Waals surface area contributed by atoms with Gasteiger partial charge in [-0.2, -0.15) is 0 Å². The number of aryl methyl sites for hydroxylation is 1. The number of sulfonamides is 1. The van der Waals surface area contributed by atoms with Gasteiger partial charge in [0.15, 0.2) is 4.21 Å². The van der Waals surface area contributed by atoms with Crippen LogP contribution in [-0.4, -0.2) is 13.4 Å². The summed E-state index contributed by atoms with van der Waals surface area (Å²) < 4.78 is 26.9. The van der Waals surface area contributed by atoms with Crippen LogP contribution in [-0.2, 0) is 15.9 Å². The SMILES string of the molecule is Cc1ncc(S(=O)(=O)Nc2ccccc2CCl)s1. The van der Waals surface area contributed by atoms with Crippen molar-refractivity contribution in [3.05, 3.63) is 41.0 Å². The number of benzene rings is 1. The number of anilines is 1. The van der Waals surface area contributed by atoms with E-state index in [-0.39, 0.29) is 10.1 Å². The summed E-state index contributed by atoms with van der Waals surface area (Å²) in [4.78, 5) is 3.94. The highest BCUT2D eigenvalue weighted by Gasteiger charge is 2.18. The quantitative estimate of drug-likeness (QED) is 0.883. The predicted octanol–water partition coefficient (Wildman–Crippen LogP) is 2.99. The van der Waals surface area contributed by atoms with E-state index in [0.717, 1.165) is 16.9 Å². The van der Waals surface area contributed by atoms with E-state index in [1.165, 1.54) is 6.20 Å². The summed E-state index contributed by atoms with van der Waals surface area (Å²) in [6.07, 6.45) is 1.35. The van der Waals surface area contributed by atoms with Crippen LogP contribution in [0.2, 0.25) is 0 Å². The Morgan fingerprint density at radius 3 is 2.72 bits per heavy atom. The number of hydrogen-bond donors (Lipinski definition) is 1. The monoisotopic (exact) mass is 302 g/mol. The third-order valence-electron chi connectivity index (χ3n) is 2.27. The van der Waals surface area contributed by atoms with Crippen LogP contribution in [0.15, 0.2) is 34.7 Å². The van der Waals surface area contributed by atoms with Crippen LogP contribution in [0.3, 0.4) is 0 Å². The van der Waals surface area contributed by atoms with E-state index in [1.807, 2.05) is 6.07 Å². The highest BCUT2D eigenvalue weighted by atomic mass is 35.5. The molecule has 0 saturated heterocycles. The van der Waals surface area contributed by atoms with Crippen molar-refractivity contribution in [2.24, 2.45) is 0 Å². The molecule has 1 aromatic heterocycles.